The van der Waals surface area contributed by atoms with Gasteiger partial charge in [0.2, 0.25) is 0 Å². The first-order chi connectivity index (χ1) is 16.6. The zero-order valence-corrected chi connectivity index (χ0v) is 17.7. The van der Waals surface area contributed by atoms with Gasteiger partial charge in [-0.3, -0.25) is 0 Å². The molecule has 11 nitrogen and oxygen atoms in total. The first kappa shape index (κ1) is 22.0. The van der Waals surface area contributed by atoms with Gasteiger partial charge in [-0.25, -0.2) is 10.9 Å². The van der Waals surface area contributed by atoms with Gasteiger partial charge in [0.1, 0.15) is 17.2 Å². The van der Waals surface area contributed by atoms with E-state index in [0.29, 0.717) is 16.7 Å². The molecule has 0 fully saturated rings. The van der Waals surface area contributed by atoms with Crippen LogP contribution in [0.4, 0.5) is 11.9 Å². The summed E-state index contributed by atoms with van der Waals surface area (Å²) in [6, 6.07) is 20.1. The van der Waals surface area contributed by atoms with Crippen LogP contribution in [0.3, 0.4) is 0 Å². The third-order valence-corrected chi connectivity index (χ3v) is 4.50. The van der Waals surface area contributed by atoms with Gasteiger partial charge in [0, 0.05) is 16.7 Å². The summed E-state index contributed by atoms with van der Waals surface area (Å²) < 4.78 is 1.29. The average molecular weight is 456 g/mol. The van der Waals surface area contributed by atoms with Crippen molar-refractivity contribution < 1.29 is 15.3 Å². The second kappa shape index (κ2) is 10.4. The quantitative estimate of drug-likeness (QED) is 0.202. The van der Waals surface area contributed by atoms with E-state index in [2.05, 4.69) is 36.4 Å². The summed E-state index contributed by atoms with van der Waals surface area (Å²) in [5, 5.41) is 50.2. The molecule has 4 aromatic rings. The SMILES string of the molecule is Oc1ccccc1/C=N\Nc1nnc(N/N=C\c2ccccc2O)n1/N=C/c1ccccc1O. The van der Waals surface area contributed by atoms with Gasteiger partial charge >= 0.3 is 0 Å². The number of aromatic nitrogens is 3. The van der Waals surface area contributed by atoms with Crippen molar-refractivity contribution in [3.8, 4) is 17.2 Å². The summed E-state index contributed by atoms with van der Waals surface area (Å²) in [6.45, 7) is 0. The van der Waals surface area contributed by atoms with Gasteiger partial charge in [-0.15, -0.1) is 10.2 Å². The van der Waals surface area contributed by atoms with E-state index >= 15 is 0 Å². The first-order valence-electron chi connectivity index (χ1n) is 10.0. The highest BCUT2D eigenvalue weighted by atomic mass is 16.3. The zero-order valence-electron chi connectivity index (χ0n) is 17.7. The molecule has 0 bridgehead atoms. The topological polar surface area (TPSA) is 153 Å². The number of hydrogen-bond donors (Lipinski definition) is 5. The smallest absolute Gasteiger partial charge is 0.267 e. The molecule has 5 N–H and O–H groups in total. The molecule has 11 heteroatoms. The van der Waals surface area contributed by atoms with Crippen LogP contribution in [0.15, 0.2) is 88.1 Å². The van der Waals surface area contributed by atoms with Crippen molar-refractivity contribution in [2.75, 3.05) is 10.9 Å². The van der Waals surface area contributed by atoms with E-state index < -0.39 is 0 Å². The lowest BCUT2D eigenvalue weighted by atomic mass is 10.2. The number of para-hydroxylation sites is 3. The van der Waals surface area contributed by atoms with E-state index in [0.717, 1.165) is 0 Å². The van der Waals surface area contributed by atoms with Crippen LogP contribution in [-0.4, -0.2) is 48.8 Å². The van der Waals surface area contributed by atoms with Crippen LogP contribution in [0.1, 0.15) is 16.7 Å². The Hall–Kier alpha value is -5.19. The lowest BCUT2D eigenvalue weighted by Gasteiger charge is -2.04. The molecule has 0 spiro atoms. The lowest BCUT2D eigenvalue weighted by molar-refractivity contribution is 0.474. The number of phenols is 3. The van der Waals surface area contributed by atoms with Gasteiger partial charge in [-0.2, -0.15) is 20.0 Å². The van der Waals surface area contributed by atoms with Crippen molar-refractivity contribution in [2.24, 2.45) is 15.3 Å². The Morgan fingerprint density at radius 2 is 0.971 bits per heavy atom. The Bertz CT molecular complexity index is 1290. The largest absolute Gasteiger partial charge is 0.507 e. The third-order valence-electron chi connectivity index (χ3n) is 4.50. The third kappa shape index (κ3) is 5.34. The van der Waals surface area contributed by atoms with Gasteiger partial charge < -0.3 is 15.3 Å². The molecule has 0 aliphatic heterocycles. The van der Waals surface area contributed by atoms with E-state index in [-0.39, 0.29) is 29.1 Å². The summed E-state index contributed by atoms with van der Waals surface area (Å²) >= 11 is 0. The Kier molecular flexibility index (Phi) is 6.75. The molecule has 0 radical (unpaired) electrons. The molecular weight excluding hydrogens is 436 g/mol. The summed E-state index contributed by atoms with van der Waals surface area (Å²) in [4.78, 5) is 0. The molecule has 34 heavy (non-hydrogen) atoms. The zero-order chi connectivity index (χ0) is 23.8. The van der Waals surface area contributed by atoms with E-state index in [9.17, 15) is 15.3 Å². The van der Waals surface area contributed by atoms with Gasteiger partial charge in [-0.1, -0.05) is 36.4 Å². The first-order valence-corrected chi connectivity index (χ1v) is 10.0. The van der Waals surface area contributed by atoms with E-state index in [1.54, 1.807) is 72.8 Å². The molecule has 0 saturated carbocycles. The normalized spacial score (nSPS) is 11.5. The molecule has 4 rings (SSSR count). The number of aromatic hydroxyl groups is 3. The van der Waals surface area contributed by atoms with Crippen LogP contribution in [-0.2, 0) is 0 Å². The van der Waals surface area contributed by atoms with Crippen LogP contribution in [0.2, 0.25) is 0 Å². The van der Waals surface area contributed by atoms with Gasteiger partial charge in [0.15, 0.2) is 0 Å². The molecule has 1 aromatic heterocycles. The number of hydrogen-bond acceptors (Lipinski definition) is 10. The van der Waals surface area contributed by atoms with E-state index in [1.165, 1.54) is 23.3 Å². The van der Waals surface area contributed by atoms with Crippen LogP contribution in [0, 0.1) is 0 Å². The fourth-order valence-electron chi connectivity index (χ4n) is 2.76. The Morgan fingerprint density at radius 1 is 0.588 bits per heavy atom. The van der Waals surface area contributed by atoms with Crippen molar-refractivity contribution in [1.29, 1.82) is 0 Å². The monoisotopic (exact) mass is 456 g/mol. The number of nitrogens with zero attached hydrogens (tertiary/aromatic N) is 6. The van der Waals surface area contributed by atoms with Gasteiger partial charge in [0.25, 0.3) is 11.9 Å². The van der Waals surface area contributed by atoms with Gasteiger partial charge in [-0.05, 0) is 36.4 Å². The van der Waals surface area contributed by atoms with E-state index in [1.807, 2.05) is 0 Å². The summed E-state index contributed by atoms with van der Waals surface area (Å²) in [5.74, 6) is 0.483. The number of anilines is 2. The van der Waals surface area contributed by atoms with Crippen LogP contribution >= 0.6 is 0 Å². The molecule has 0 aliphatic rings. The van der Waals surface area contributed by atoms with Crippen molar-refractivity contribution in [2.45, 2.75) is 0 Å². The molecule has 0 aliphatic carbocycles. The molecule has 0 unspecified atom stereocenters. The Labute approximate surface area is 194 Å². The van der Waals surface area contributed by atoms with Crippen molar-refractivity contribution in [3.05, 3.63) is 89.5 Å². The number of rotatable bonds is 8. The summed E-state index contributed by atoms with van der Waals surface area (Å²) in [6.07, 6.45) is 4.27. The van der Waals surface area contributed by atoms with Gasteiger partial charge in [0.05, 0.1) is 18.6 Å². The minimum absolute atomic E-state index is 0.0542. The average Bonchev–Trinajstić information content (AvgIpc) is 3.22. The number of phenolic OH excluding ortho intramolecular Hbond substituents is 3. The second-order valence-corrected chi connectivity index (χ2v) is 6.82. The molecule has 0 saturated heterocycles. The fourth-order valence-corrected chi connectivity index (χ4v) is 2.76. The van der Waals surface area contributed by atoms with Crippen LogP contribution < -0.4 is 10.9 Å². The fraction of sp³-hybridized carbons (Fsp3) is 0. The van der Waals surface area contributed by atoms with Crippen molar-refractivity contribution in [3.63, 3.8) is 0 Å². The van der Waals surface area contributed by atoms with Crippen molar-refractivity contribution in [1.82, 2.24) is 14.9 Å². The molecule has 170 valence electrons. The van der Waals surface area contributed by atoms with E-state index in [4.69, 9.17) is 0 Å². The predicted octanol–water partition coefficient (Wildman–Crippen LogP) is 3.17. The highest BCUT2D eigenvalue weighted by molar-refractivity contribution is 5.85. The molecule has 1 heterocycles. The maximum atomic E-state index is 10.0. The molecule has 0 atom stereocenters. The summed E-state index contributed by atoms with van der Waals surface area (Å²) in [7, 11) is 0. The molecule has 3 aromatic carbocycles. The Balaban J connectivity index is 1.59. The summed E-state index contributed by atoms with van der Waals surface area (Å²) in [5.41, 5.74) is 6.92. The van der Waals surface area contributed by atoms with Crippen molar-refractivity contribution >= 4 is 30.5 Å². The Morgan fingerprint density at radius 3 is 1.38 bits per heavy atom. The maximum Gasteiger partial charge on any atom is 0.267 e. The number of nitrogens with one attached hydrogen (secondary N) is 2. The number of hydrazone groups is 2. The maximum absolute atomic E-state index is 10.0. The second-order valence-electron chi connectivity index (χ2n) is 6.82. The standard InChI is InChI=1S/C23H20N8O3/c32-19-10-4-1-7-16(19)13-24-27-22-29-30-23(28-25-14-17-8-2-5-11-20(17)33)31(22)26-15-18-9-3-6-12-21(18)34/h1-15,32-34H,(H,27,29)(H,28,30)/b24-13-,25-14-,26-15+. The highest BCUT2D eigenvalue weighted by Gasteiger charge is 2.11. The molecule has 0 amide bonds. The highest BCUT2D eigenvalue weighted by Crippen LogP contribution is 2.17. The lowest BCUT2D eigenvalue weighted by Crippen LogP contribution is -2.04. The van der Waals surface area contributed by atoms with Crippen LogP contribution in [0.25, 0.3) is 0 Å². The minimum Gasteiger partial charge on any atom is -0.507 e. The van der Waals surface area contributed by atoms with Crippen LogP contribution in [0.5, 0.6) is 17.2 Å². The predicted molar refractivity (Wildman–Crippen MR) is 130 cm³/mol. The molecular formula is C23H20N8O3. The minimum atomic E-state index is 0.0542. The number of benzene rings is 3.